The van der Waals surface area contributed by atoms with Crippen molar-refractivity contribution in [3.63, 3.8) is 0 Å². The summed E-state index contributed by atoms with van der Waals surface area (Å²) in [7, 11) is 0. The number of carboxylic acids is 2. The molecule has 78 heavy (non-hydrogen) atoms. The number of primary amides is 1. The van der Waals surface area contributed by atoms with E-state index in [4.69, 9.17) is 22.6 Å². The van der Waals surface area contributed by atoms with E-state index in [-0.39, 0.29) is 63.0 Å². The fraction of sp³-hybridized carbons (Fsp3) is 0.729. The Morgan fingerprint density at radius 1 is 0.628 bits per heavy atom. The second-order valence-corrected chi connectivity index (χ2v) is 21.2. The number of carbonyl (C=O) groups is 12. The van der Waals surface area contributed by atoms with Gasteiger partial charge in [0.2, 0.25) is 59.1 Å². The summed E-state index contributed by atoms with van der Waals surface area (Å²) in [5.74, 6) is -13.6. The average Bonchev–Trinajstić information content (AvgIpc) is 3.99. The summed E-state index contributed by atoms with van der Waals surface area (Å²) >= 11 is 4.21. The van der Waals surface area contributed by atoms with Gasteiger partial charge in [-0.2, -0.15) is 12.6 Å². The molecule has 11 atom stereocenters. The number of thiol groups is 1. The molecule has 2 heterocycles. The number of aliphatic hydroxyl groups excluding tert-OH is 1. The van der Waals surface area contributed by atoms with E-state index in [0.717, 1.165) is 9.80 Å². The second kappa shape index (κ2) is 32.2. The lowest BCUT2D eigenvalue weighted by Gasteiger charge is -2.32. The lowest BCUT2D eigenvalue weighted by atomic mass is 9.99. The van der Waals surface area contributed by atoms with E-state index < -0.39 is 169 Å². The molecule has 0 aromatic heterocycles. The normalized spacial score (nSPS) is 19.2. The second-order valence-electron chi connectivity index (χ2n) is 20.9. The molecule has 0 saturated carbocycles. The van der Waals surface area contributed by atoms with Gasteiger partial charge in [0.25, 0.3) is 0 Å². The summed E-state index contributed by atoms with van der Waals surface area (Å²) in [5, 5.41) is 57.3. The van der Waals surface area contributed by atoms with E-state index in [2.05, 4.69) is 55.2 Å². The number of unbranched alkanes of at least 4 members (excludes halogenated alkanes) is 1. The Balaban J connectivity index is 2.31. The molecule has 0 spiro atoms. The zero-order chi connectivity index (χ0) is 59.3. The molecule has 10 amide bonds. The van der Waals surface area contributed by atoms with Crippen LogP contribution in [0.4, 0.5) is 0 Å². The molecule has 18 N–H and O–H groups in total. The molecule has 0 unspecified atom stereocenters. The molecule has 30 heteroatoms. The van der Waals surface area contributed by atoms with E-state index in [9.17, 15) is 72.9 Å². The first kappa shape index (κ1) is 67.3. The summed E-state index contributed by atoms with van der Waals surface area (Å²) in [6.07, 6.45) is -1.99. The van der Waals surface area contributed by atoms with Crippen LogP contribution in [-0.4, -0.2) is 194 Å². The van der Waals surface area contributed by atoms with Crippen molar-refractivity contribution < 1.29 is 72.9 Å². The lowest BCUT2D eigenvalue weighted by Crippen LogP contribution is -2.61. The number of nitrogens with one attached hydrogen (secondary N) is 9. The van der Waals surface area contributed by atoms with Crippen LogP contribution in [0.5, 0.6) is 0 Å². The van der Waals surface area contributed by atoms with Crippen molar-refractivity contribution >= 4 is 89.6 Å². The summed E-state index contributed by atoms with van der Waals surface area (Å²) in [4.78, 5) is 162. The van der Waals surface area contributed by atoms with E-state index in [0.29, 0.717) is 19.3 Å². The van der Waals surface area contributed by atoms with E-state index in [1.54, 1.807) is 41.5 Å². The van der Waals surface area contributed by atoms with Gasteiger partial charge < -0.3 is 84.9 Å². The van der Waals surface area contributed by atoms with Crippen molar-refractivity contribution in [2.24, 2.45) is 35.0 Å². The molecule has 0 aromatic carbocycles. The highest BCUT2D eigenvalue weighted by Crippen LogP contribution is 2.23. The van der Waals surface area contributed by atoms with Gasteiger partial charge in [0, 0.05) is 31.8 Å². The first-order valence-corrected chi connectivity index (χ1v) is 26.6. The van der Waals surface area contributed by atoms with Gasteiger partial charge in [0.05, 0.1) is 25.0 Å². The van der Waals surface area contributed by atoms with Gasteiger partial charge in [-0.05, 0) is 69.6 Å². The summed E-state index contributed by atoms with van der Waals surface area (Å²) < 4.78 is 0. The molecule has 0 bridgehead atoms. The molecule has 2 aliphatic rings. The van der Waals surface area contributed by atoms with Gasteiger partial charge in [-0.15, -0.1) is 0 Å². The Morgan fingerprint density at radius 2 is 1.15 bits per heavy atom. The van der Waals surface area contributed by atoms with E-state index in [1.165, 1.54) is 6.92 Å². The van der Waals surface area contributed by atoms with Crippen molar-refractivity contribution in [3.05, 3.63) is 0 Å². The molecule has 440 valence electrons. The van der Waals surface area contributed by atoms with Crippen molar-refractivity contribution in [2.45, 2.75) is 179 Å². The third-order valence-corrected chi connectivity index (χ3v) is 13.1. The molecule has 29 nitrogen and oxygen atoms in total. The molecule has 2 rings (SSSR count). The van der Waals surface area contributed by atoms with Crippen LogP contribution in [-0.2, 0) is 57.5 Å². The van der Waals surface area contributed by atoms with Gasteiger partial charge >= 0.3 is 11.9 Å². The van der Waals surface area contributed by atoms with Crippen LogP contribution in [0.3, 0.4) is 0 Å². The number of likely N-dealkylation sites (tertiary alicyclic amines) is 2. The first-order valence-electron chi connectivity index (χ1n) is 26.0. The number of rotatable bonds is 32. The van der Waals surface area contributed by atoms with E-state index in [1.807, 2.05) is 0 Å². The molecular weight excluding hydrogens is 1040 g/mol. The zero-order valence-corrected chi connectivity index (χ0v) is 46.2. The predicted octanol–water partition coefficient (Wildman–Crippen LogP) is -4.55. The molecule has 0 aromatic rings. The quantitative estimate of drug-likeness (QED) is 0.0131. The topological polar surface area (TPSA) is 470 Å². The SMILES string of the molecule is CC(C)C[C@H](NC(=O)[C@@H]1CCCN1C(=O)[C@H](CC(N)=O)NC(=O)[C@@H](NC(=O)[C@H](CC(C)C)NC(=O)[C@@H]1C[C@@H](O)CN1C(=O)[C@H](CS)NC(=O)[C@H](CC(=O)O)NC(=O)[C@H](CCCCNC(=N)N)NC(=O)[C@H](C)N)C(C)C)C(=O)O. The van der Waals surface area contributed by atoms with Gasteiger partial charge in [0.15, 0.2) is 5.96 Å². The number of β-amino-alcohol motifs (C(OH)–C–C–N with tert-alkyl or cyclic N) is 1. The highest BCUT2D eigenvalue weighted by Gasteiger charge is 2.44. The molecule has 2 fully saturated rings. The average molecular weight is 1130 g/mol. The highest BCUT2D eigenvalue weighted by molar-refractivity contribution is 7.80. The molecule has 0 aliphatic carbocycles. The number of amides is 10. The fourth-order valence-electron chi connectivity index (χ4n) is 8.78. The Labute approximate surface area is 458 Å². The van der Waals surface area contributed by atoms with Gasteiger partial charge in [-0.1, -0.05) is 41.5 Å². The molecule has 0 radical (unpaired) electrons. The number of aliphatic hydroxyl groups is 1. The lowest BCUT2D eigenvalue weighted by molar-refractivity contribution is -0.146. The van der Waals surface area contributed by atoms with Gasteiger partial charge in [-0.3, -0.25) is 58.1 Å². The standard InChI is InChI=1S/C48H82N14O15S/c1-22(2)15-28(41(70)60-37(24(5)6)44(73)57-30(18-35(50)64)45(74)61-14-10-12-33(61)42(71)58-31(47(76)77)16-23(3)4)56-43(72)34-17-26(63)20-62(34)46(75)32(21-78)59-40(69)29(19-36(65)66)55-39(68)27(54-38(67)25(7)49)11-8-9-13-53-48(51)52/h22-34,37,63,78H,8-21,49H2,1-7H3,(H2,50,64)(H,54,67)(H,55,68)(H,56,72)(H,57,73)(H,58,71)(H,59,69)(H,60,70)(H,65,66)(H,76,77)(H4,51,52,53)/t25-,26+,27-,28-,29-,30-,31-,32-,33-,34-,37-/m0/s1. The third-order valence-electron chi connectivity index (χ3n) is 12.7. The number of aliphatic carboxylic acids is 2. The van der Waals surface area contributed by atoms with Gasteiger partial charge in [0.1, 0.15) is 54.4 Å². The number of hydrogen-bond acceptors (Lipinski definition) is 16. The Hall–Kier alpha value is -6.82. The minimum atomic E-state index is -1.81. The number of hydrogen-bond donors (Lipinski definition) is 16. The number of carboxylic acid groups (broad SMARTS) is 2. The summed E-state index contributed by atoms with van der Waals surface area (Å²) in [5.41, 5.74) is 16.5. The number of carbonyl (C=O) groups excluding carboxylic acids is 10. The maximum absolute atomic E-state index is 14.1. The minimum Gasteiger partial charge on any atom is -0.481 e. The first-order chi connectivity index (χ1) is 36.4. The Bertz CT molecular complexity index is 2180. The predicted molar refractivity (Wildman–Crippen MR) is 283 cm³/mol. The van der Waals surface area contributed by atoms with Crippen LogP contribution in [0.1, 0.15) is 113 Å². The van der Waals surface area contributed by atoms with Gasteiger partial charge in [-0.25, -0.2) is 4.79 Å². The highest BCUT2D eigenvalue weighted by atomic mass is 32.1. The largest absolute Gasteiger partial charge is 0.481 e. The van der Waals surface area contributed by atoms with E-state index >= 15 is 0 Å². The van der Waals surface area contributed by atoms with Crippen LogP contribution >= 0.6 is 12.6 Å². The third kappa shape index (κ3) is 21.9. The Morgan fingerprint density at radius 3 is 1.69 bits per heavy atom. The molecular formula is C48H82N14O15S. The number of nitrogens with two attached hydrogens (primary N) is 3. The van der Waals surface area contributed by atoms with Crippen molar-refractivity contribution in [1.82, 2.24) is 52.3 Å². The van der Waals surface area contributed by atoms with Crippen LogP contribution < -0.4 is 59.7 Å². The number of guanidine groups is 1. The van der Waals surface area contributed by atoms with Crippen LogP contribution in [0, 0.1) is 23.2 Å². The van der Waals surface area contributed by atoms with Crippen LogP contribution in [0.25, 0.3) is 0 Å². The summed E-state index contributed by atoms with van der Waals surface area (Å²) in [6, 6.07) is -13.9. The Kier molecular flexibility index (Phi) is 27.8. The number of nitrogens with zero attached hydrogens (tertiary/aromatic N) is 2. The van der Waals surface area contributed by atoms with Crippen molar-refractivity contribution in [3.8, 4) is 0 Å². The van der Waals surface area contributed by atoms with Crippen LogP contribution in [0.15, 0.2) is 0 Å². The smallest absolute Gasteiger partial charge is 0.326 e. The maximum Gasteiger partial charge on any atom is 0.326 e. The maximum atomic E-state index is 14.1. The van der Waals surface area contributed by atoms with Crippen molar-refractivity contribution in [2.75, 3.05) is 25.4 Å². The van der Waals surface area contributed by atoms with Crippen molar-refractivity contribution in [1.29, 1.82) is 5.41 Å². The molecule has 2 aliphatic heterocycles. The zero-order valence-electron chi connectivity index (χ0n) is 45.3. The van der Waals surface area contributed by atoms with Crippen LogP contribution in [0.2, 0.25) is 0 Å². The molecule has 2 saturated heterocycles. The monoisotopic (exact) mass is 1130 g/mol. The summed E-state index contributed by atoms with van der Waals surface area (Å²) in [6.45, 7) is 11.4. The fourth-order valence-corrected chi connectivity index (χ4v) is 9.02. The minimum absolute atomic E-state index is 0.000768.